The highest BCUT2D eigenvalue weighted by Crippen LogP contribution is 2.48. The number of anilines is 1. The van der Waals surface area contributed by atoms with Crippen molar-refractivity contribution in [3.63, 3.8) is 0 Å². The van der Waals surface area contributed by atoms with Gasteiger partial charge in [0.15, 0.2) is 0 Å². The normalized spacial score (nSPS) is 19.3. The molecule has 0 radical (unpaired) electrons. The van der Waals surface area contributed by atoms with Crippen LogP contribution in [0.5, 0.6) is 0 Å². The maximum atomic E-state index is 12.9. The Bertz CT molecular complexity index is 1600. The summed E-state index contributed by atoms with van der Waals surface area (Å²) in [5.74, 6) is 1.36. The van der Waals surface area contributed by atoms with E-state index in [1.54, 1.807) is 6.20 Å². The maximum absolute atomic E-state index is 12.9. The second-order valence-corrected chi connectivity index (χ2v) is 10.1. The van der Waals surface area contributed by atoms with Gasteiger partial charge < -0.3 is 9.72 Å². The summed E-state index contributed by atoms with van der Waals surface area (Å²) in [6, 6.07) is 13.9. The minimum absolute atomic E-state index is 0.0189. The Kier molecular flexibility index (Phi) is 4.67. The molecule has 0 spiro atoms. The third kappa shape index (κ3) is 3.96. The molecule has 2 aliphatic rings. The van der Waals surface area contributed by atoms with E-state index >= 15 is 0 Å². The molecule has 2 atom stereocenters. The zero-order chi connectivity index (χ0) is 23.5. The Morgan fingerprint density at radius 3 is 2.86 bits per heavy atom. The van der Waals surface area contributed by atoms with Crippen LogP contribution in [0.3, 0.4) is 0 Å². The summed E-state index contributed by atoms with van der Waals surface area (Å²) in [7, 11) is 0. The van der Waals surface area contributed by atoms with Gasteiger partial charge in [-0.2, -0.15) is 5.10 Å². The van der Waals surface area contributed by atoms with E-state index in [1.807, 2.05) is 41.2 Å². The first-order chi connectivity index (χ1) is 17.1. The smallest absolute Gasteiger partial charge is 0.229 e. The summed E-state index contributed by atoms with van der Waals surface area (Å²) in [4.78, 5) is 22.1. The molecule has 1 unspecified atom stereocenters. The van der Waals surface area contributed by atoms with Crippen LogP contribution >= 0.6 is 11.6 Å². The first kappa shape index (κ1) is 20.6. The van der Waals surface area contributed by atoms with Crippen molar-refractivity contribution in [2.75, 3.05) is 5.32 Å². The van der Waals surface area contributed by atoms with Gasteiger partial charge in [0, 0.05) is 35.7 Å². The summed E-state index contributed by atoms with van der Waals surface area (Å²) >= 11 is 6.12. The van der Waals surface area contributed by atoms with Crippen molar-refractivity contribution in [2.45, 2.75) is 37.6 Å². The number of pyridine rings is 2. The lowest BCUT2D eigenvalue weighted by molar-refractivity contribution is -0.117. The molecular weight excluding hydrogens is 460 g/mol. The van der Waals surface area contributed by atoms with Crippen LogP contribution in [0, 0.1) is 5.92 Å². The first-order valence-electron chi connectivity index (χ1n) is 12.0. The molecule has 2 fully saturated rings. The summed E-state index contributed by atoms with van der Waals surface area (Å²) in [6.45, 7) is 0.544. The predicted octanol–water partition coefficient (Wildman–Crippen LogP) is 5.40. The predicted molar refractivity (Wildman–Crippen MR) is 135 cm³/mol. The molecule has 4 aromatic heterocycles. The lowest BCUT2D eigenvalue weighted by Gasteiger charge is -2.05. The molecule has 174 valence electrons. The molecule has 0 saturated heterocycles. The molecule has 0 bridgehead atoms. The van der Waals surface area contributed by atoms with Gasteiger partial charge in [-0.3, -0.25) is 9.48 Å². The number of hydrogen-bond donors (Lipinski definition) is 1. The van der Waals surface area contributed by atoms with E-state index < -0.39 is 0 Å². The zero-order valence-corrected chi connectivity index (χ0v) is 19.7. The number of benzene rings is 1. The van der Waals surface area contributed by atoms with E-state index in [0.29, 0.717) is 23.3 Å². The fourth-order valence-corrected chi connectivity index (χ4v) is 5.13. The summed E-state index contributed by atoms with van der Waals surface area (Å²) in [5, 5.41) is 9.24. The molecule has 2 saturated carbocycles. The number of fused-ring (bicyclic) bond motifs is 2. The number of nitrogens with zero attached hydrogens (tertiary/aromatic N) is 5. The standard InChI is InChI=1S/C27H23ClN6O/c28-19-3-1-2-17(10-19)21-11-22(21)27(35)31-26-23-15-34(32-24(23)8-9-29-26)14-20-13-33-12-18(16-4-5-16)6-7-25(33)30-20/h1-3,6-10,12-13,15-16,21-22H,4-5,11,14H2,(H,29,31,35)/t21?,22-/m0/s1. The summed E-state index contributed by atoms with van der Waals surface area (Å²) in [6.07, 6.45) is 11.2. The van der Waals surface area contributed by atoms with Crippen LogP contribution in [-0.2, 0) is 11.3 Å². The number of halogens is 1. The highest BCUT2D eigenvalue weighted by Gasteiger charge is 2.44. The third-order valence-electron chi connectivity index (χ3n) is 7.02. The number of imidazole rings is 1. The SMILES string of the molecule is O=C(Nc1nccc2nn(Cc3cn4cc(C5CC5)ccc4n3)cc12)[C@H]1CC1c1cccc(Cl)c1. The van der Waals surface area contributed by atoms with E-state index in [0.717, 1.165) is 34.2 Å². The second kappa shape index (κ2) is 7.92. The monoisotopic (exact) mass is 482 g/mol. The van der Waals surface area contributed by atoms with Gasteiger partial charge in [-0.05, 0) is 66.5 Å². The number of rotatable bonds is 6. The molecule has 35 heavy (non-hydrogen) atoms. The number of nitrogens with one attached hydrogen (secondary N) is 1. The van der Waals surface area contributed by atoms with Crippen molar-refractivity contribution < 1.29 is 4.79 Å². The Morgan fingerprint density at radius 2 is 2.00 bits per heavy atom. The van der Waals surface area contributed by atoms with Gasteiger partial charge >= 0.3 is 0 Å². The van der Waals surface area contributed by atoms with Crippen LogP contribution in [0.1, 0.15) is 47.9 Å². The molecule has 2 aliphatic carbocycles. The highest BCUT2D eigenvalue weighted by atomic mass is 35.5. The van der Waals surface area contributed by atoms with Crippen molar-refractivity contribution in [3.8, 4) is 0 Å². The van der Waals surface area contributed by atoms with Crippen LogP contribution in [0.25, 0.3) is 16.6 Å². The van der Waals surface area contributed by atoms with E-state index in [1.165, 1.54) is 18.4 Å². The molecule has 1 aromatic carbocycles. The van der Waals surface area contributed by atoms with Crippen molar-refractivity contribution in [1.82, 2.24) is 24.1 Å². The van der Waals surface area contributed by atoms with Crippen molar-refractivity contribution in [3.05, 3.63) is 89.1 Å². The second-order valence-electron chi connectivity index (χ2n) is 9.65. The van der Waals surface area contributed by atoms with E-state index in [4.69, 9.17) is 21.7 Å². The van der Waals surface area contributed by atoms with E-state index in [-0.39, 0.29) is 17.7 Å². The van der Waals surface area contributed by atoms with Crippen molar-refractivity contribution in [2.24, 2.45) is 5.92 Å². The summed E-state index contributed by atoms with van der Waals surface area (Å²) < 4.78 is 3.96. The molecular formula is C27H23ClN6O. The molecule has 4 heterocycles. The zero-order valence-electron chi connectivity index (χ0n) is 18.9. The average molecular weight is 483 g/mol. The topological polar surface area (TPSA) is 77.1 Å². The number of carbonyl (C=O) groups is 1. The van der Waals surface area contributed by atoms with E-state index in [9.17, 15) is 4.79 Å². The van der Waals surface area contributed by atoms with Crippen molar-refractivity contribution in [1.29, 1.82) is 0 Å². The highest BCUT2D eigenvalue weighted by molar-refractivity contribution is 6.30. The number of hydrogen-bond acceptors (Lipinski definition) is 4. The molecule has 7 rings (SSSR count). The summed E-state index contributed by atoms with van der Waals surface area (Å²) in [5.41, 5.74) is 5.15. The minimum Gasteiger partial charge on any atom is -0.310 e. The fraction of sp³-hybridized carbons (Fsp3) is 0.259. The van der Waals surface area contributed by atoms with E-state index in [2.05, 4.69) is 39.2 Å². The van der Waals surface area contributed by atoms with Crippen LogP contribution in [-0.4, -0.2) is 30.1 Å². The maximum Gasteiger partial charge on any atom is 0.229 e. The van der Waals surface area contributed by atoms with Gasteiger partial charge in [-0.25, -0.2) is 9.97 Å². The van der Waals surface area contributed by atoms with Gasteiger partial charge in [0.1, 0.15) is 11.5 Å². The number of amides is 1. The Balaban J connectivity index is 1.09. The molecule has 1 amide bonds. The van der Waals surface area contributed by atoms with Crippen LogP contribution in [0.15, 0.2) is 67.3 Å². The number of carbonyl (C=O) groups excluding carboxylic acids is 1. The number of aromatic nitrogens is 5. The molecule has 0 aliphatic heterocycles. The van der Waals surface area contributed by atoms with Gasteiger partial charge in [-0.15, -0.1) is 0 Å². The largest absolute Gasteiger partial charge is 0.310 e. The average Bonchev–Trinajstić information content (AvgIpc) is 3.76. The lowest BCUT2D eigenvalue weighted by Crippen LogP contribution is -2.15. The third-order valence-corrected chi connectivity index (χ3v) is 7.26. The van der Waals surface area contributed by atoms with Gasteiger partial charge in [0.05, 0.1) is 23.1 Å². The molecule has 8 heteroatoms. The van der Waals surface area contributed by atoms with Crippen molar-refractivity contribution >= 4 is 39.9 Å². The Morgan fingerprint density at radius 1 is 1.09 bits per heavy atom. The molecule has 7 nitrogen and oxygen atoms in total. The minimum atomic E-state index is -0.0703. The fourth-order valence-electron chi connectivity index (χ4n) is 4.94. The van der Waals surface area contributed by atoms with Gasteiger partial charge in [0.2, 0.25) is 5.91 Å². The van der Waals surface area contributed by atoms with Crippen LogP contribution < -0.4 is 5.32 Å². The quantitative estimate of drug-likeness (QED) is 0.351. The molecule has 1 N–H and O–H groups in total. The Labute approximate surface area is 206 Å². The molecule has 5 aromatic rings. The van der Waals surface area contributed by atoms with Gasteiger partial charge in [-0.1, -0.05) is 29.8 Å². The van der Waals surface area contributed by atoms with Crippen LogP contribution in [0.4, 0.5) is 5.82 Å². The lowest BCUT2D eigenvalue weighted by atomic mass is 10.1. The Hall–Kier alpha value is -3.71. The van der Waals surface area contributed by atoms with Crippen LogP contribution in [0.2, 0.25) is 5.02 Å². The first-order valence-corrected chi connectivity index (χ1v) is 12.3. The van der Waals surface area contributed by atoms with Gasteiger partial charge in [0.25, 0.3) is 0 Å².